The smallest absolute Gasteiger partial charge is 0.317 e. The molecule has 0 aromatic heterocycles. The Balaban J connectivity index is 2.51. The third-order valence-corrected chi connectivity index (χ3v) is 1.78. The third kappa shape index (κ3) is 3.89. The number of ether oxygens (including phenoxy) is 1. The fourth-order valence-corrected chi connectivity index (χ4v) is 1.00. The minimum atomic E-state index is -0.617. The molecule has 80 valence electrons. The molecule has 0 spiro atoms. The summed E-state index contributed by atoms with van der Waals surface area (Å²) in [6.45, 7) is 1.60. The average molecular weight is 210 g/mol. The van der Waals surface area contributed by atoms with Crippen molar-refractivity contribution in [2.75, 3.05) is 0 Å². The SMILES string of the molecule is CCC(=O)OC(=O)Cc1ccc(F)cc1. The number of hydrogen-bond donors (Lipinski definition) is 0. The molecule has 15 heavy (non-hydrogen) atoms. The van der Waals surface area contributed by atoms with E-state index in [1.807, 2.05) is 0 Å². The zero-order valence-corrected chi connectivity index (χ0v) is 8.33. The molecule has 1 aromatic rings. The van der Waals surface area contributed by atoms with Crippen LogP contribution in [-0.2, 0) is 20.7 Å². The Morgan fingerprint density at radius 1 is 1.20 bits per heavy atom. The molecule has 0 N–H and O–H groups in total. The summed E-state index contributed by atoms with van der Waals surface area (Å²) in [7, 11) is 0. The van der Waals surface area contributed by atoms with Gasteiger partial charge < -0.3 is 4.74 Å². The Kier molecular flexibility index (Phi) is 3.97. The quantitative estimate of drug-likeness (QED) is 0.564. The van der Waals surface area contributed by atoms with Crippen LogP contribution in [0.15, 0.2) is 24.3 Å². The van der Waals surface area contributed by atoms with Gasteiger partial charge in [0.15, 0.2) is 0 Å². The normalized spacial score (nSPS) is 9.73. The van der Waals surface area contributed by atoms with E-state index in [4.69, 9.17) is 0 Å². The molecule has 0 radical (unpaired) electrons. The van der Waals surface area contributed by atoms with E-state index in [0.717, 1.165) is 0 Å². The highest BCUT2D eigenvalue weighted by molar-refractivity contribution is 5.86. The lowest BCUT2D eigenvalue weighted by Crippen LogP contribution is -2.13. The number of rotatable bonds is 3. The fraction of sp³-hybridized carbons (Fsp3) is 0.273. The minimum absolute atomic E-state index is 0.0218. The second kappa shape index (κ2) is 5.24. The number of halogens is 1. The molecule has 0 heterocycles. The van der Waals surface area contributed by atoms with Crippen LogP contribution in [0.25, 0.3) is 0 Å². The molecule has 0 aliphatic carbocycles. The zero-order valence-electron chi connectivity index (χ0n) is 8.33. The molecule has 1 rings (SSSR count). The van der Waals surface area contributed by atoms with Crippen LogP contribution in [-0.4, -0.2) is 11.9 Å². The molecule has 3 nitrogen and oxygen atoms in total. The van der Waals surface area contributed by atoms with Crippen molar-refractivity contribution in [3.05, 3.63) is 35.6 Å². The first-order valence-electron chi connectivity index (χ1n) is 4.59. The van der Waals surface area contributed by atoms with Crippen molar-refractivity contribution in [2.24, 2.45) is 0 Å². The van der Waals surface area contributed by atoms with Gasteiger partial charge in [-0.05, 0) is 17.7 Å². The Bertz CT molecular complexity index is 357. The number of carbonyl (C=O) groups excluding carboxylic acids is 2. The van der Waals surface area contributed by atoms with Crippen molar-refractivity contribution in [2.45, 2.75) is 19.8 Å². The summed E-state index contributed by atoms with van der Waals surface area (Å²) in [5.74, 6) is -1.53. The Morgan fingerprint density at radius 2 is 1.80 bits per heavy atom. The highest BCUT2D eigenvalue weighted by Gasteiger charge is 2.09. The van der Waals surface area contributed by atoms with E-state index in [2.05, 4.69) is 4.74 Å². The zero-order chi connectivity index (χ0) is 11.3. The van der Waals surface area contributed by atoms with Crippen LogP contribution in [0.3, 0.4) is 0 Å². The molecule has 0 unspecified atom stereocenters. The maximum Gasteiger partial charge on any atom is 0.317 e. The summed E-state index contributed by atoms with van der Waals surface area (Å²) in [5.41, 5.74) is 0.616. The average Bonchev–Trinajstić information content (AvgIpc) is 2.21. The van der Waals surface area contributed by atoms with Gasteiger partial charge in [0.1, 0.15) is 5.82 Å². The number of benzene rings is 1. The van der Waals surface area contributed by atoms with E-state index >= 15 is 0 Å². The molecule has 4 heteroatoms. The van der Waals surface area contributed by atoms with Crippen LogP contribution in [0.2, 0.25) is 0 Å². The van der Waals surface area contributed by atoms with Gasteiger partial charge in [-0.1, -0.05) is 19.1 Å². The monoisotopic (exact) mass is 210 g/mol. The Hall–Kier alpha value is -1.71. The topological polar surface area (TPSA) is 43.4 Å². The Morgan fingerprint density at radius 3 is 2.33 bits per heavy atom. The molecular weight excluding hydrogens is 199 g/mol. The van der Waals surface area contributed by atoms with Crippen LogP contribution in [0.5, 0.6) is 0 Å². The van der Waals surface area contributed by atoms with Gasteiger partial charge in [-0.3, -0.25) is 9.59 Å². The lowest BCUT2D eigenvalue weighted by Gasteiger charge is -2.01. The molecule has 0 aliphatic rings. The van der Waals surface area contributed by atoms with Gasteiger partial charge in [-0.15, -0.1) is 0 Å². The molecule has 1 aromatic carbocycles. The van der Waals surface area contributed by atoms with Crippen molar-refractivity contribution < 1.29 is 18.7 Å². The van der Waals surface area contributed by atoms with Crippen LogP contribution >= 0.6 is 0 Å². The van der Waals surface area contributed by atoms with Crippen molar-refractivity contribution in [1.29, 1.82) is 0 Å². The van der Waals surface area contributed by atoms with Gasteiger partial charge in [0, 0.05) is 6.42 Å². The molecule has 0 saturated carbocycles. The first kappa shape index (κ1) is 11.4. The van der Waals surface area contributed by atoms with E-state index < -0.39 is 11.9 Å². The number of esters is 2. The van der Waals surface area contributed by atoms with Gasteiger partial charge >= 0.3 is 11.9 Å². The van der Waals surface area contributed by atoms with Crippen LogP contribution < -0.4 is 0 Å². The van der Waals surface area contributed by atoms with Gasteiger partial charge in [0.25, 0.3) is 0 Å². The van der Waals surface area contributed by atoms with Gasteiger partial charge in [0.2, 0.25) is 0 Å². The summed E-state index contributed by atoms with van der Waals surface area (Å²) < 4.78 is 17.0. The second-order valence-corrected chi connectivity index (χ2v) is 3.00. The van der Waals surface area contributed by atoms with Gasteiger partial charge in [-0.2, -0.15) is 0 Å². The fourth-order valence-electron chi connectivity index (χ4n) is 1.00. The summed E-state index contributed by atoms with van der Waals surface area (Å²) in [4.78, 5) is 21.9. The highest BCUT2D eigenvalue weighted by Crippen LogP contribution is 2.04. The summed E-state index contributed by atoms with van der Waals surface area (Å²) in [5, 5.41) is 0. The molecule has 0 bridgehead atoms. The number of hydrogen-bond acceptors (Lipinski definition) is 3. The minimum Gasteiger partial charge on any atom is -0.393 e. The molecule has 0 aliphatic heterocycles. The summed E-state index contributed by atoms with van der Waals surface area (Å²) >= 11 is 0. The van der Waals surface area contributed by atoms with Crippen molar-refractivity contribution in [1.82, 2.24) is 0 Å². The maximum atomic E-state index is 12.5. The predicted molar refractivity (Wildman–Crippen MR) is 51.5 cm³/mol. The van der Waals surface area contributed by atoms with Gasteiger partial charge in [-0.25, -0.2) is 4.39 Å². The van der Waals surface area contributed by atoms with Crippen LogP contribution in [0, 0.1) is 5.82 Å². The molecule has 0 fully saturated rings. The van der Waals surface area contributed by atoms with Gasteiger partial charge in [0.05, 0.1) is 6.42 Å². The van der Waals surface area contributed by atoms with Crippen molar-refractivity contribution in [3.63, 3.8) is 0 Å². The molecule has 0 amide bonds. The largest absolute Gasteiger partial charge is 0.393 e. The number of carbonyl (C=O) groups is 2. The molecule has 0 atom stereocenters. The summed E-state index contributed by atoms with van der Waals surface area (Å²) in [6.07, 6.45) is 0.140. The lowest BCUT2D eigenvalue weighted by molar-refractivity contribution is -0.158. The molecular formula is C11H11FO3. The second-order valence-electron chi connectivity index (χ2n) is 3.00. The molecule has 0 saturated heterocycles. The standard InChI is InChI=1S/C11H11FO3/c1-2-10(13)15-11(14)7-8-3-5-9(12)6-4-8/h3-6H,2,7H2,1H3. The van der Waals surface area contributed by atoms with E-state index in [9.17, 15) is 14.0 Å². The first-order valence-corrected chi connectivity index (χ1v) is 4.59. The maximum absolute atomic E-state index is 12.5. The van der Waals surface area contributed by atoms with E-state index in [1.54, 1.807) is 6.92 Å². The first-order chi connectivity index (χ1) is 7.11. The third-order valence-electron chi connectivity index (χ3n) is 1.78. The van der Waals surface area contributed by atoms with Crippen molar-refractivity contribution in [3.8, 4) is 0 Å². The highest BCUT2D eigenvalue weighted by atomic mass is 19.1. The van der Waals surface area contributed by atoms with Crippen LogP contribution in [0.4, 0.5) is 4.39 Å². The van der Waals surface area contributed by atoms with Crippen molar-refractivity contribution >= 4 is 11.9 Å². The van der Waals surface area contributed by atoms with Crippen LogP contribution in [0.1, 0.15) is 18.9 Å². The predicted octanol–water partition coefficient (Wildman–Crippen LogP) is 1.85. The Labute approximate surface area is 86.9 Å². The lowest BCUT2D eigenvalue weighted by atomic mass is 10.1. The summed E-state index contributed by atoms with van der Waals surface area (Å²) in [6, 6.07) is 5.47. The van der Waals surface area contributed by atoms with E-state index in [0.29, 0.717) is 5.56 Å². The van der Waals surface area contributed by atoms with E-state index in [-0.39, 0.29) is 18.7 Å². The van der Waals surface area contributed by atoms with E-state index in [1.165, 1.54) is 24.3 Å².